The Hall–Kier alpha value is -1.15. The van der Waals surface area contributed by atoms with Crippen molar-refractivity contribution in [2.45, 2.75) is 38.6 Å². The summed E-state index contributed by atoms with van der Waals surface area (Å²) >= 11 is 0. The quantitative estimate of drug-likeness (QED) is 0.820. The number of aryl methyl sites for hydroxylation is 1. The minimum absolute atomic E-state index is 0.0175. The third-order valence-electron chi connectivity index (χ3n) is 5.40. The van der Waals surface area contributed by atoms with E-state index in [0.717, 1.165) is 38.8 Å². The molecule has 0 aliphatic carbocycles. The van der Waals surface area contributed by atoms with Crippen LogP contribution >= 0.6 is 0 Å². The Balaban J connectivity index is 1.53. The Morgan fingerprint density at radius 3 is 2.65 bits per heavy atom. The Bertz CT molecular complexity index is 685. The molecule has 6 nitrogen and oxygen atoms in total. The third-order valence-corrected chi connectivity index (χ3v) is 7.04. The van der Waals surface area contributed by atoms with Gasteiger partial charge in [0, 0.05) is 45.0 Å². The lowest BCUT2D eigenvalue weighted by molar-refractivity contribution is 0.118. The average molecular weight is 382 g/mol. The SMILES string of the molecule is COCC1CCCN(S(=O)(=O)NC2CCN(c3cccc(C)c3)CC2)C1. The van der Waals surface area contributed by atoms with Gasteiger partial charge < -0.3 is 9.64 Å². The smallest absolute Gasteiger partial charge is 0.279 e. The number of hydrogen-bond acceptors (Lipinski definition) is 4. The monoisotopic (exact) mass is 381 g/mol. The third kappa shape index (κ3) is 4.97. The lowest BCUT2D eigenvalue weighted by Crippen LogP contribution is -2.52. The van der Waals surface area contributed by atoms with Gasteiger partial charge in [-0.2, -0.15) is 17.4 Å². The first-order valence-electron chi connectivity index (χ1n) is 9.56. The number of nitrogens with zero attached hydrogens (tertiary/aromatic N) is 2. The number of rotatable bonds is 6. The molecule has 146 valence electrons. The van der Waals surface area contributed by atoms with Gasteiger partial charge in [-0.15, -0.1) is 0 Å². The van der Waals surface area contributed by atoms with Gasteiger partial charge in [0.05, 0.1) is 6.61 Å². The van der Waals surface area contributed by atoms with E-state index in [-0.39, 0.29) is 6.04 Å². The van der Waals surface area contributed by atoms with Gasteiger partial charge in [-0.1, -0.05) is 12.1 Å². The van der Waals surface area contributed by atoms with Crippen molar-refractivity contribution in [2.24, 2.45) is 5.92 Å². The largest absolute Gasteiger partial charge is 0.384 e. The van der Waals surface area contributed by atoms with Gasteiger partial charge in [0.15, 0.2) is 0 Å². The molecule has 0 radical (unpaired) electrons. The summed E-state index contributed by atoms with van der Waals surface area (Å²) in [7, 11) is -1.74. The van der Waals surface area contributed by atoms with Crippen LogP contribution in [-0.4, -0.2) is 58.7 Å². The van der Waals surface area contributed by atoms with Gasteiger partial charge in [0.1, 0.15) is 0 Å². The molecule has 26 heavy (non-hydrogen) atoms. The normalized spacial score (nSPS) is 23.3. The zero-order valence-electron chi connectivity index (χ0n) is 15.9. The standard InChI is InChI=1S/C19H31N3O3S/c1-16-5-3-7-19(13-16)21-11-8-18(9-12-21)20-26(23,24)22-10-4-6-17(14-22)15-25-2/h3,5,7,13,17-18,20H,4,6,8-12,14-15H2,1-2H3. The van der Waals surface area contributed by atoms with Crippen molar-refractivity contribution in [1.29, 1.82) is 0 Å². The van der Waals surface area contributed by atoms with E-state index in [1.165, 1.54) is 11.3 Å². The molecule has 0 amide bonds. The lowest BCUT2D eigenvalue weighted by Gasteiger charge is -2.36. The maximum Gasteiger partial charge on any atom is 0.279 e. The zero-order valence-corrected chi connectivity index (χ0v) is 16.7. The Morgan fingerprint density at radius 2 is 1.96 bits per heavy atom. The van der Waals surface area contributed by atoms with Crippen LogP contribution in [0.1, 0.15) is 31.2 Å². The van der Waals surface area contributed by atoms with Crippen molar-refractivity contribution in [2.75, 3.05) is 44.8 Å². The molecule has 2 aliphatic heterocycles. The van der Waals surface area contributed by atoms with Gasteiger partial charge in [0.2, 0.25) is 0 Å². The Morgan fingerprint density at radius 1 is 1.19 bits per heavy atom. The summed E-state index contributed by atoms with van der Waals surface area (Å²) in [5.41, 5.74) is 2.48. The maximum absolute atomic E-state index is 12.8. The molecule has 1 N–H and O–H groups in total. The molecular weight excluding hydrogens is 350 g/mol. The van der Waals surface area contributed by atoms with Gasteiger partial charge in [-0.3, -0.25) is 0 Å². The number of benzene rings is 1. The fourth-order valence-corrected chi connectivity index (χ4v) is 5.56. The number of hydrogen-bond donors (Lipinski definition) is 1. The highest BCUT2D eigenvalue weighted by atomic mass is 32.2. The van der Waals surface area contributed by atoms with Crippen LogP contribution < -0.4 is 9.62 Å². The van der Waals surface area contributed by atoms with Crippen LogP contribution in [0.2, 0.25) is 0 Å². The minimum Gasteiger partial charge on any atom is -0.384 e. The van der Waals surface area contributed by atoms with E-state index in [2.05, 4.69) is 40.8 Å². The van der Waals surface area contributed by atoms with E-state index in [1.807, 2.05) is 0 Å². The van der Waals surface area contributed by atoms with E-state index < -0.39 is 10.2 Å². The Kier molecular flexibility index (Phi) is 6.55. The molecule has 0 bridgehead atoms. The molecule has 1 unspecified atom stereocenters. The van der Waals surface area contributed by atoms with Crippen LogP contribution in [0.5, 0.6) is 0 Å². The van der Waals surface area contributed by atoms with Crippen molar-refractivity contribution in [1.82, 2.24) is 9.03 Å². The fourth-order valence-electron chi connectivity index (χ4n) is 3.98. The number of nitrogens with one attached hydrogen (secondary N) is 1. The van der Waals surface area contributed by atoms with E-state index >= 15 is 0 Å². The highest BCUT2D eigenvalue weighted by Gasteiger charge is 2.31. The molecule has 0 spiro atoms. The second-order valence-electron chi connectivity index (χ2n) is 7.54. The van der Waals surface area contributed by atoms with Crippen LogP contribution in [0.4, 0.5) is 5.69 Å². The first kappa shape index (κ1) is 19.6. The predicted molar refractivity (Wildman–Crippen MR) is 105 cm³/mol. The minimum atomic E-state index is -3.41. The van der Waals surface area contributed by atoms with Crippen LogP contribution in [0.25, 0.3) is 0 Å². The van der Waals surface area contributed by atoms with Crippen LogP contribution in [-0.2, 0) is 14.9 Å². The molecule has 3 rings (SSSR count). The molecule has 2 heterocycles. The van der Waals surface area contributed by atoms with E-state index in [4.69, 9.17) is 4.74 Å². The first-order valence-corrected chi connectivity index (χ1v) is 11.0. The second kappa shape index (κ2) is 8.69. The summed E-state index contributed by atoms with van der Waals surface area (Å²) in [5, 5.41) is 0. The Labute approximate surface area is 157 Å². The molecule has 0 aromatic heterocycles. The highest BCUT2D eigenvalue weighted by Crippen LogP contribution is 2.23. The van der Waals surface area contributed by atoms with Crippen LogP contribution in [0.15, 0.2) is 24.3 Å². The van der Waals surface area contributed by atoms with E-state index in [1.54, 1.807) is 11.4 Å². The lowest BCUT2D eigenvalue weighted by atomic mass is 10.0. The van der Waals surface area contributed by atoms with Crippen molar-refractivity contribution >= 4 is 15.9 Å². The van der Waals surface area contributed by atoms with Crippen molar-refractivity contribution < 1.29 is 13.2 Å². The fraction of sp³-hybridized carbons (Fsp3) is 0.684. The summed E-state index contributed by atoms with van der Waals surface area (Å²) in [4.78, 5) is 2.34. The first-order chi connectivity index (χ1) is 12.5. The van der Waals surface area contributed by atoms with E-state index in [0.29, 0.717) is 25.6 Å². The summed E-state index contributed by atoms with van der Waals surface area (Å²) in [6, 6.07) is 8.51. The molecule has 7 heteroatoms. The topological polar surface area (TPSA) is 61.9 Å². The summed E-state index contributed by atoms with van der Waals surface area (Å²) in [6.07, 6.45) is 3.61. The molecule has 1 aromatic rings. The van der Waals surface area contributed by atoms with Crippen molar-refractivity contribution in [3.05, 3.63) is 29.8 Å². The zero-order chi connectivity index (χ0) is 18.6. The van der Waals surface area contributed by atoms with Crippen LogP contribution in [0, 0.1) is 12.8 Å². The van der Waals surface area contributed by atoms with E-state index in [9.17, 15) is 8.42 Å². The number of piperidine rings is 2. The molecule has 2 aliphatic rings. The molecular formula is C19H31N3O3S. The summed E-state index contributed by atoms with van der Waals surface area (Å²) in [5.74, 6) is 0.300. The predicted octanol–water partition coefficient (Wildman–Crippen LogP) is 2.16. The second-order valence-corrected chi connectivity index (χ2v) is 9.25. The van der Waals surface area contributed by atoms with Crippen molar-refractivity contribution in [3.8, 4) is 0 Å². The van der Waals surface area contributed by atoms with Gasteiger partial charge in [-0.05, 0) is 56.2 Å². The molecule has 1 atom stereocenters. The van der Waals surface area contributed by atoms with Crippen LogP contribution in [0.3, 0.4) is 0 Å². The van der Waals surface area contributed by atoms with Gasteiger partial charge in [0.25, 0.3) is 10.2 Å². The number of methoxy groups -OCH3 is 1. The van der Waals surface area contributed by atoms with Gasteiger partial charge in [-0.25, -0.2) is 0 Å². The summed E-state index contributed by atoms with van der Waals surface area (Å²) in [6.45, 7) is 5.65. The van der Waals surface area contributed by atoms with Gasteiger partial charge >= 0.3 is 0 Å². The van der Waals surface area contributed by atoms with Crippen molar-refractivity contribution in [3.63, 3.8) is 0 Å². The number of ether oxygens (including phenoxy) is 1. The average Bonchev–Trinajstić information content (AvgIpc) is 2.63. The summed E-state index contributed by atoms with van der Waals surface area (Å²) < 4.78 is 35.3. The number of anilines is 1. The molecule has 2 saturated heterocycles. The molecule has 1 aromatic carbocycles. The molecule has 0 saturated carbocycles. The maximum atomic E-state index is 12.8. The molecule has 2 fully saturated rings. The highest BCUT2D eigenvalue weighted by molar-refractivity contribution is 7.87.